The molecule has 0 radical (unpaired) electrons. The Bertz CT molecular complexity index is 344. The van der Waals surface area contributed by atoms with Crippen molar-refractivity contribution in [2.24, 2.45) is 5.41 Å². The molecule has 1 heterocycles. The minimum Gasteiger partial charge on any atom is -0.386 e. The number of rotatable bonds is 4. The number of hydrogen-bond acceptors (Lipinski definition) is 3. The molecule has 0 bridgehead atoms. The molecule has 0 amide bonds. The molecule has 0 spiro atoms. The Morgan fingerprint density at radius 3 is 2.69 bits per heavy atom. The Labute approximate surface area is 105 Å². The molecule has 16 heavy (non-hydrogen) atoms. The van der Waals surface area contributed by atoms with Crippen LogP contribution >= 0.6 is 15.9 Å². The summed E-state index contributed by atoms with van der Waals surface area (Å²) in [7, 11) is 1.65. The summed E-state index contributed by atoms with van der Waals surface area (Å²) in [6.45, 7) is 7.22. The summed E-state index contributed by atoms with van der Waals surface area (Å²) in [5.74, 6) is 0. The number of ether oxygens (including phenoxy) is 1. The fourth-order valence-electron chi connectivity index (χ4n) is 1.41. The van der Waals surface area contributed by atoms with Gasteiger partial charge in [0.25, 0.3) is 0 Å². The first kappa shape index (κ1) is 13.7. The molecule has 1 N–H and O–H groups in total. The lowest BCUT2D eigenvalue weighted by Crippen LogP contribution is -2.22. The van der Waals surface area contributed by atoms with Gasteiger partial charge in [0, 0.05) is 7.11 Å². The monoisotopic (exact) mass is 290 g/mol. The molecule has 92 valence electrons. The molecular formula is C11H19BrN2O2. The number of aliphatic hydroxyl groups excluding tert-OH is 1. The fourth-order valence-corrected chi connectivity index (χ4v) is 1.92. The van der Waals surface area contributed by atoms with Crippen LogP contribution < -0.4 is 0 Å². The van der Waals surface area contributed by atoms with E-state index >= 15 is 0 Å². The molecule has 1 rings (SSSR count). The second-order valence-electron chi connectivity index (χ2n) is 4.86. The average Bonchev–Trinajstić information content (AvgIpc) is 2.54. The topological polar surface area (TPSA) is 47.3 Å². The van der Waals surface area contributed by atoms with Gasteiger partial charge in [0.1, 0.15) is 6.10 Å². The van der Waals surface area contributed by atoms with Crippen molar-refractivity contribution in [3.8, 4) is 0 Å². The van der Waals surface area contributed by atoms with Crippen LogP contribution in [0.3, 0.4) is 0 Å². The summed E-state index contributed by atoms with van der Waals surface area (Å²) in [5.41, 5.74) is 0.595. The normalized spacial score (nSPS) is 14.1. The third-order valence-electron chi connectivity index (χ3n) is 2.42. The Balaban J connectivity index is 2.97. The van der Waals surface area contributed by atoms with E-state index in [1.165, 1.54) is 0 Å². The third kappa shape index (κ3) is 3.06. The molecule has 4 nitrogen and oxygen atoms in total. The number of methoxy groups -OCH3 is 1. The van der Waals surface area contributed by atoms with Crippen LogP contribution in [0.1, 0.15) is 32.6 Å². The molecule has 0 aromatic carbocycles. The molecule has 0 aliphatic carbocycles. The Morgan fingerprint density at radius 2 is 2.19 bits per heavy atom. The van der Waals surface area contributed by atoms with Gasteiger partial charge >= 0.3 is 0 Å². The van der Waals surface area contributed by atoms with E-state index < -0.39 is 6.10 Å². The number of hydrogen-bond donors (Lipinski definition) is 1. The van der Waals surface area contributed by atoms with E-state index in [4.69, 9.17) is 4.74 Å². The molecule has 0 fully saturated rings. The van der Waals surface area contributed by atoms with Gasteiger partial charge in [-0.15, -0.1) is 0 Å². The summed E-state index contributed by atoms with van der Waals surface area (Å²) >= 11 is 3.42. The zero-order valence-corrected chi connectivity index (χ0v) is 11.8. The van der Waals surface area contributed by atoms with Crippen molar-refractivity contribution >= 4 is 15.9 Å². The van der Waals surface area contributed by atoms with Gasteiger partial charge in [0.2, 0.25) is 0 Å². The Kier molecular flexibility index (Phi) is 4.52. The van der Waals surface area contributed by atoms with Crippen LogP contribution in [-0.4, -0.2) is 28.6 Å². The van der Waals surface area contributed by atoms with Crippen LogP contribution in [0.15, 0.2) is 10.7 Å². The second-order valence-corrected chi connectivity index (χ2v) is 5.72. The number of aliphatic hydroxyl groups is 1. The van der Waals surface area contributed by atoms with Crippen molar-refractivity contribution in [2.75, 3.05) is 13.7 Å². The van der Waals surface area contributed by atoms with Crippen LogP contribution in [0.4, 0.5) is 0 Å². The second kappa shape index (κ2) is 5.29. The molecule has 1 atom stereocenters. The van der Waals surface area contributed by atoms with E-state index in [2.05, 4.69) is 21.0 Å². The molecule has 1 unspecified atom stereocenters. The first-order valence-electron chi connectivity index (χ1n) is 5.26. The Morgan fingerprint density at radius 1 is 1.56 bits per heavy atom. The van der Waals surface area contributed by atoms with Crippen LogP contribution in [0, 0.1) is 5.41 Å². The van der Waals surface area contributed by atoms with Crippen molar-refractivity contribution < 1.29 is 9.84 Å². The van der Waals surface area contributed by atoms with Crippen LogP contribution in [0.2, 0.25) is 0 Å². The SMILES string of the molecule is COCCn1ncc(Br)c1C(O)C(C)(C)C. The molecule has 0 aliphatic heterocycles. The predicted molar refractivity (Wildman–Crippen MR) is 66.2 cm³/mol. The highest BCUT2D eigenvalue weighted by Crippen LogP contribution is 2.36. The van der Waals surface area contributed by atoms with E-state index in [0.29, 0.717) is 13.2 Å². The van der Waals surface area contributed by atoms with Gasteiger partial charge < -0.3 is 9.84 Å². The molecule has 5 heteroatoms. The van der Waals surface area contributed by atoms with Gasteiger partial charge in [0.05, 0.1) is 29.5 Å². The first-order chi connectivity index (χ1) is 7.38. The van der Waals surface area contributed by atoms with E-state index in [-0.39, 0.29) is 5.41 Å². The zero-order valence-electron chi connectivity index (χ0n) is 10.2. The van der Waals surface area contributed by atoms with Gasteiger partial charge in [-0.2, -0.15) is 5.10 Å². The summed E-state index contributed by atoms with van der Waals surface area (Å²) in [6.07, 6.45) is 1.15. The van der Waals surface area contributed by atoms with Gasteiger partial charge in [-0.3, -0.25) is 4.68 Å². The van der Waals surface area contributed by atoms with Crippen LogP contribution in [-0.2, 0) is 11.3 Å². The number of aromatic nitrogens is 2. The molecular weight excluding hydrogens is 272 g/mol. The van der Waals surface area contributed by atoms with E-state index in [1.54, 1.807) is 18.0 Å². The highest BCUT2D eigenvalue weighted by Gasteiger charge is 2.28. The standard InChI is InChI=1S/C11H19BrN2O2/c1-11(2,3)10(15)9-8(12)7-13-14(9)5-6-16-4/h7,10,15H,5-6H2,1-4H3. The minimum atomic E-state index is -0.554. The van der Waals surface area contributed by atoms with Crippen molar-refractivity contribution in [3.05, 3.63) is 16.4 Å². The molecule has 1 aromatic heterocycles. The highest BCUT2D eigenvalue weighted by atomic mass is 79.9. The van der Waals surface area contributed by atoms with E-state index in [9.17, 15) is 5.11 Å². The maximum Gasteiger partial charge on any atom is 0.102 e. The zero-order chi connectivity index (χ0) is 12.3. The van der Waals surface area contributed by atoms with Crippen molar-refractivity contribution in [1.82, 2.24) is 9.78 Å². The molecule has 1 aromatic rings. The van der Waals surface area contributed by atoms with Gasteiger partial charge in [-0.1, -0.05) is 20.8 Å². The van der Waals surface area contributed by atoms with E-state index in [0.717, 1.165) is 10.2 Å². The average molecular weight is 291 g/mol. The van der Waals surface area contributed by atoms with Crippen LogP contribution in [0.25, 0.3) is 0 Å². The lowest BCUT2D eigenvalue weighted by atomic mass is 9.87. The predicted octanol–water partition coefficient (Wildman–Crippen LogP) is 2.37. The smallest absolute Gasteiger partial charge is 0.102 e. The largest absolute Gasteiger partial charge is 0.386 e. The quantitative estimate of drug-likeness (QED) is 0.926. The Hall–Kier alpha value is -0.390. The van der Waals surface area contributed by atoms with Crippen molar-refractivity contribution in [3.63, 3.8) is 0 Å². The lowest BCUT2D eigenvalue weighted by Gasteiger charge is -2.26. The molecule has 0 aliphatic rings. The molecule has 0 saturated carbocycles. The first-order valence-corrected chi connectivity index (χ1v) is 6.05. The number of nitrogens with zero attached hydrogens (tertiary/aromatic N) is 2. The summed E-state index contributed by atoms with van der Waals surface area (Å²) in [4.78, 5) is 0. The highest BCUT2D eigenvalue weighted by molar-refractivity contribution is 9.10. The summed E-state index contributed by atoms with van der Waals surface area (Å²) < 4.78 is 7.64. The fraction of sp³-hybridized carbons (Fsp3) is 0.727. The minimum absolute atomic E-state index is 0.215. The van der Waals surface area contributed by atoms with Gasteiger partial charge in [0.15, 0.2) is 0 Å². The van der Waals surface area contributed by atoms with E-state index in [1.807, 2.05) is 20.8 Å². The summed E-state index contributed by atoms with van der Waals surface area (Å²) in [5, 5.41) is 14.5. The summed E-state index contributed by atoms with van der Waals surface area (Å²) in [6, 6.07) is 0. The maximum atomic E-state index is 10.3. The van der Waals surface area contributed by atoms with Gasteiger partial charge in [-0.25, -0.2) is 0 Å². The third-order valence-corrected chi connectivity index (χ3v) is 3.03. The maximum absolute atomic E-state index is 10.3. The number of halogens is 1. The van der Waals surface area contributed by atoms with Gasteiger partial charge in [-0.05, 0) is 21.3 Å². The van der Waals surface area contributed by atoms with Crippen molar-refractivity contribution in [1.29, 1.82) is 0 Å². The molecule has 0 saturated heterocycles. The van der Waals surface area contributed by atoms with Crippen LogP contribution in [0.5, 0.6) is 0 Å². The lowest BCUT2D eigenvalue weighted by molar-refractivity contribution is 0.0523. The van der Waals surface area contributed by atoms with Crippen molar-refractivity contribution in [2.45, 2.75) is 33.4 Å².